The second kappa shape index (κ2) is 9.91. The summed E-state index contributed by atoms with van der Waals surface area (Å²) in [7, 11) is 0. The van der Waals surface area contributed by atoms with Crippen LogP contribution in [0.15, 0.2) is 65.4 Å². The summed E-state index contributed by atoms with van der Waals surface area (Å²) in [6.45, 7) is 5.27. The van der Waals surface area contributed by atoms with Gasteiger partial charge in [0.2, 0.25) is 17.6 Å². The number of rotatable bonds is 9. The average Bonchev–Trinajstić information content (AvgIpc) is 3.44. The molecule has 0 spiro atoms. The number of benzene rings is 2. The van der Waals surface area contributed by atoms with Crippen LogP contribution < -0.4 is 10.1 Å². The topological polar surface area (TPSA) is 95.1 Å². The zero-order chi connectivity index (χ0) is 22.3. The Bertz CT molecular complexity index is 1160. The molecule has 164 valence electrons. The second-order valence-electron chi connectivity index (χ2n) is 7.32. The molecule has 0 unspecified atom stereocenters. The first-order valence-corrected chi connectivity index (χ1v) is 10.5. The number of hydrogen-bond donors (Lipinski definition) is 1. The van der Waals surface area contributed by atoms with E-state index in [1.54, 1.807) is 6.20 Å². The molecule has 0 saturated carbocycles. The van der Waals surface area contributed by atoms with Crippen molar-refractivity contribution in [2.24, 2.45) is 0 Å². The lowest BCUT2D eigenvalue weighted by Gasteiger charge is -2.08. The van der Waals surface area contributed by atoms with Crippen molar-refractivity contribution in [1.29, 1.82) is 0 Å². The number of ether oxygens (including phenoxy) is 1. The van der Waals surface area contributed by atoms with E-state index >= 15 is 0 Å². The standard InChI is InChI=1S/C24H25N5O3/c1-3-31-21-10-6-19(7-11-21)24-27-23(32-28-24)13-12-22(30)26-20-8-4-18(5-9-20)16-29-15-14-25-17(29)2/h4-11,14-15H,3,12-13,16H2,1-2H3,(H,26,30). The maximum atomic E-state index is 12.3. The molecule has 0 bridgehead atoms. The van der Waals surface area contributed by atoms with Crippen molar-refractivity contribution >= 4 is 11.6 Å². The van der Waals surface area contributed by atoms with Gasteiger partial charge in [-0.3, -0.25) is 4.79 Å². The number of anilines is 1. The van der Waals surface area contributed by atoms with Crippen LogP contribution >= 0.6 is 0 Å². The van der Waals surface area contributed by atoms with E-state index in [0.717, 1.165) is 34.9 Å². The SMILES string of the molecule is CCOc1ccc(-c2noc(CCC(=O)Nc3ccc(Cn4ccnc4C)cc3)n2)cc1. The lowest BCUT2D eigenvalue weighted by Crippen LogP contribution is -2.12. The van der Waals surface area contributed by atoms with Gasteiger partial charge in [-0.1, -0.05) is 17.3 Å². The van der Waals surface area contributed by atoms with Crippen molar-refractivity contribution < 1.29 is 14.1 Å². The minimum Gasteiger partial charge on any atom is -0.494 e. The number of aryl methyl sites for hydroxylation is 2. The highest BCUT2D eigenvalue weighted by atomic mass is 16.5. The quantitative estimate of drug-likeness (QED) is 0.425. The molecule has 8 heteroatoms. The van der Waals surface area contributed by atoms with Gasteiger partial charge in [0, 0.05) is 43.0 Å². The summed E-state index contributed by atoms with van der Waals surface area (Å²) < 4.78 is 12.8. The number of imidazole rings is 1. The van der Waals surface area contributed by atoms with Crippen molar-refractivity contribution in [2.75, 3.05) is 11.9 Å². The fourth-order valence-corrected chi connectivity index (χ4v) is 3.25. The summed E-state index contributed by atoms with van der Waals surface area (Å²) in [5.74, 6) is 2.57. The zero-order valence-electron chi connectivity index (χ0n) is 18.1. The van der Waals surface area contributed by atoms with E-state index in [1.807, 2.05) is 68.6 Å². The van der Waals surface area contributed by atoms with Crippen molar-refractivity contribution in [3.05, 3.63) is 78.2 Å². The number of aromatic nitrogens is 4. The normalized spacial score (nSPS) is 10.8. The highest BCUT2D eigenvalue weighted by Gasteiger charge is 2.11. The van der Waals surface area contributed by atoms with Crippen LogP contribution in [0, 0.1) is 6.92 Å². The van der Waals surface area contributed by atoms with Gasteiger partial charge in [-0.2, -0.15) is 4.98 Å². The molecule has 0 saturated heterocycles. The maximum absolute atomic E-state index is 12.3. The molecule has 2 aromatic carbocycles. The number of amides is 1. The Morgan fingerprint density at radius 3 is 2.59 bits per heavy atom. The van der Waals surface area contributed by atoms with Gasteiger partial charge < -0.3 is 19.1 Å². The minimum absolute atomic E-state index is 0.107. The second-order valence-corrected chi connectivity index (χ2v) is 7.32. The molecule has 0 aliphatic carbocycles. The Hall–Kier alpha value is -3.94. The van der Waals surface area contributed by atoms with E-state index in [4.69, 9.17) is 9.26 Å². The van der Waals surface area contributed by atoms with Crippen LogP contribution in [0.2, 0.25) is 0 Å². The Morgan fingerprint density at radius 1 is 1.12 bits per heavy atom. The molecule has 1 amide bonds. The molecule has 4 rings (SSSR count). The number of carbonyl (C=O) groups excluding carboxylic acids is 1. The molecule has 32 heavy (non-hydrogen) atoms. The first kappa shape index (κ1) is 21.3. The molecule has 2 heterocycles. The number of nitrogens with one attached hydrogen (secondary N) is 1. The predicted molar refractivity (Wildman–Crippen MR) is 120 cm³/mol. The molecule has 0 aliphatic rings. The Labute approximate surface area is 186 Å². The molecule has 0 aliphatic heterocycles. The molecule has 1 N–H and O–H groups in total. The highest BCUT2D eigenvalue weighted by molar-refractivity contribution is 5.90. The minimum atomic E-state index is -0.107. The van der Waals surface area contributed by atoms with Crippen molar-refractivity contribution in [3.8, 4) is 17.1 Å². The van der Waals surface area contributed by atoms with Gasteiger partial charge in [-0.15, -0.1) is 0 Å². The largest absolute Gasteiger partial charge is 0.494 e. The number of nitrogens with zero attached hydrogens (tertiary/aromatic N) is 4. The third-order valence-electron chi connectivity index (χ3n) is 4.97. The molecule has 0 radical (unpaired) electrons. The Kier molecular flexibility index (Phi) is 6.60. The van der Waals surface area contributed by atoms with Gasteiger partial charge in [0.1, 0.15) is 11.6 Å². The fourth-order valence-electron chi connectivity index (χ4n) is 3.25. The first-order valence-electron chi connectivity index (χ1n) is 10.5. The summed E-state index contributed by atoms with van der Waals surface area (Å²) in [6.07, 6.45) is 4.35. The fraction of sp³-hybridized carbons (Fsp3) is 0.250. The van der Waals surface area contributed by atoms with Gasteiger partial charge >= 0.3 is 0 Å². The zero-order valence-corrected chi connectivity index (χ0v) is 18.1. The van der Waals surface area contributed by atoms with Crippen LogP contribution in [-0.2, 0) is 17.8 Å². The summed E-state index contributed by atoms with van der Waals surface area (Å²) in [6, 6.07) is 15.3. The maximum Gasteiger partial charge on any atom is 0.227 e. The van der Waals surface area contributed by atoms with Crippen LogP contribution in [0.5, 0.6) is 5.75 Å². The summed E-state index contributed by atoms with van der Waals surface area (Å²) in [5, 5.41) is 6.91. The molecule has 0 fully saturated rings. The van der Waals surface area contributed by atoms with Gasteiger partial charge in [0.25, 0.3) is 0 Å². The van der Waals surface area contributed by atoms with E-state index in [-0.39, 0.29) is 12.3 Å². The highest BCUT2D eigenvalue weighted by Crippen LogP contribution is 2.20. The number of hydrogen-bond acceptors (Lipinski definition) is 6. The van der Waals surface area contributed by atoms with Crippen LogP contribution in [0.25, 0.3) is 11.4 Å². The third kappa shape index (κ3) is 5.40. The summed E-state index contributed by atoms with van der Waals surface area (Å²) in [5.41, 5.74) is 2.72. The van der Waals surface area contributed by atoms with Gasteiger partial charge in [0.15, 0.2) is 0 Å². The Balaban J connectivity index is 1.27. The molecule has 0 atom stereocenters. The smallest absolute Gasteiger partial charge is 0.227 e. The van der Waals surface area contributed by atoms with Gasteiger partial charge in [-0.05, 0) is 55.8 Å². The van der Waals surface area contributed by atoms with E-state index in [1.165, 1.54) is 0 Å². The molecule has 4 aromatic rings. The van der Waals surface area contributed by atoms with E-state index < -0.39 is 0 Å². The van der Waals surface area contributed by atoms with Crippen LogP contribution in [-0.4, -0.2) is 32.2 Å². The Morgan fingerprint density at radius 2 is 1.91 bits per heavy atom. The molecular weight excluding hydrogens is 406 g/mol. The molecular formula is C24H25N5O3. The summed E-state index contributed by atoms with van der Waals surface area (Å²) >= 11 is 0. The van der Waals surface area contributed by atoms with Crippen LogP contribution in [0.1, 0.15) is 30.6 Å². The van der Waals surface area contributed by atoms with Crippen molar-refractivity contribution in [3.63, 3.8) is 0 Å². The van der Waals surface area contributed by atoms with E-state index in [2.05, 4.69) is 25.0 Å². The van der Waals surface area contributed by atoms with E-state index in [0.29, 0.717) is 24.7 Å². The van der Waals surface area contributed by atoms with Crippen LogP contribution in [0.4, 0.5) is 5.69 Å². The lowest BCUT2D eigenvalue weighted by molar-refractivity contribution is -0.116. The van der Waals surface area contributed by atoms with E-state index in [9.17, 15) is 4.79 Å². The molecule has 2 aromatic heterocycles. The number of carbonyl (C=O) groups is 1. The van der Waals surface area contributed by atoms with Crippen molar-refractivity contribution in [2.45, 2.75) is 33.2 Å². The molecule has 8 nitrogen and oxygen atoms in total. The van der Waals surface area contributed by atoms with Gasteiger partial charge in [0.05, 0.1) is 6.61 Å². The predicted octanol–water partition coefficient (Wildman–Crippen LogP) is 4.26. The van der Waals surface area contributed by atoms with Gasteiger partial charge in [-0.25, -0.2) is 4.98 Å². The first-order chi connectivity index (χ1) is 15.6. The third-order valence-corrected chi connectivity index (χ3v) is 4.97. The lowest BCUT2D eigenvalue weighted by atomic mass is 10.2. The van der Waals surface area contributed by atoms with Crippen LogP contribution in [0.3, 0.4) is 0 Å². The monoisotopic (exact) mass is 431 g/mol. The average molecular weight is 431 g/mol. The van der Waals surface area contributed by atoms with Crippen molar-refractivity contribution in [1.82, 2.24) is 19.7 Å². The summed E-state index contributed by atoms with van der Waals surface area (Å²) in [4.78, 5) is 20.9.